The highest BCUT2D eigenvalue weighted by molar-refractivity contribution is 5.25. The third kappa shape index (κ3) is 3.81. The Morgan fingerprint density at radius 1 is 1.20 bits per heavy atom. The molecule has 114 valence electrons. The third-order valence-corrected chi connectivity index (χ3v) is 4.51. The first-order chi connectivity index (χ1) is 9.27. The minimum absolute atomic E-state index is 0.0781. The highest BCUT2D eigenvalue weighted by Gasteiger charge is 2.34. The van der Waals surface area contributed by atoms with Crippen molar-refractivity contribution in [3.05, 3.63) is 35.9 Å². The van der Waals surface area contributed by atoms with Crippen LogP contribution in [0.3, 0.4) is 0 Å². The van der Waals surface area contributed by atoms with Crippen LogP contribution in [0.25, 0.3) is 0 Å². The second-order valence-corrected chi connectivity index (χ2v) is 6.81. The maximum absolute atomic E-state index is 9.97. The van der Waals surface area contributed by atoms with Crippen molar-refractivity contribution in [2.45, 2.75) is 39.3 Å². The van der Waals surface area contributed by atoms with Crippen molar-refractivity contribution in [2.24, 2.45) is 5.41 Å². The summed E-state index contributed by atoms with van der Waals surface area (Å²) in [7, 11) is 4.04. The van der Waals surface area contributed by atoms with Gasteiger partial charge in [-0.1, -0.05) is 51.1 Å². The summed E-state index contributed by atoms with van der Waals surface area (Å²) in [6.45, 7) is 9.82. The zero-order valence-electron chi connectivity index (χ0n) is 13.8. The number of nitrogens with zero attached hydrogens (tertiary/aromatic N) is 1. The van der Waals surface area contributed by atoms with Crippen LogP contribution < -0.4 is 5.32 Å². The van der Waals surface area contributed by atoms with E-state index in [1.807, 2.05) is 25.2 Å². The second-order valence-electron chi connectivity index (χ2n) is 6.81. The number of likely N-dealkylation sites (N-methyl/N-ethyl adjacent to an activating group) is 2. The quantitative estimate of drug-likeness (QED) is 0.839. The molecule has 0 saturated heterocycles. The van der Waals surface area contributed by atoms with Crippen LogP contribution >= 0.6 is 0 Å². The van der Waals surface area contributed by atoms with Crippen molar-refractivity contribution in [3.63, 3.8) is 0 Å². The topological polar surface area (TPSA) is 35.5 Å². The smallest absolute Gasteiger partial charge is 0.0795 e. The van der Waals surface area contributed by atoms with Gasteiger partial charge < -0.3 is 15.3 Å². The van der Waals surface area contributed by atoms with Crippen molar-refractivity contribution in [2.75, 3.05) is 27.2 Å². The predicted octanol–water partition coefficient (Wildman–Crippen LogP) is 2.46. The lowest BCUT2D eigenvalue weighted by atomic mass is 9.84. The van der Waals surface area contributed by atoms with E-state index in [2.05, 4.69) is 57.1 Å². The molecule has 0 aliphatic heterocycles. The Balaban J connectivity index is 2.99. The van der Waals surface area contributed by atoms with Gasteiger partial charge in [-0.15, -0.1) is 0 Å². The van der Waals surface area contributed by atoms with Crippen LogP contribution in [-0.2, 0) is 5.54 Å². The molecule has 0 radical (unpaired) electrons. The number of benzene rings is 1. The molecule has 3 nitrogen and oxygen atoms in total. The minimum Gasteiger partial charge on any atom is -0.394 e. The van der Waals surface area contributed by atoms with Crippen LogP contribution in [0.15, 0.2) is 30.3 Å². The van der Waals surface area contributed by atoms with E-state index in [1.165, 1.54) is 0 Å². The molecular formula is C17H30N2O. The van der Waals surface area contributed by atoms with E-state index < -0.39 is 5.54 Å². The fourth-order valence-corrected chi connectivity index (χ4v) is 2.52. The first-order valence-electron chi connectivity index (χ1n) is 7.32. The Hall–Kier alpha value is -0.900. The van der Waals surface area contributed by atoms with Crippen molar-refractivity contribution in [1.82, 2.24) is 10.2 Å². The number of aliphatic hydroxyl groups is 1. The summed E-state index contributed by atoms with van der Waals surface area (Å²) in [6.07, 6.45) is 0. The molecule has 1 rings (SSSR count). The van der Waals surface area contributed by atoms with Gasteiger partial charge in [0.05, 0.1) is 12.1 Å². The number of rotatable bonds is 6. The fourth-order valence-electron chi connectivity index (χ4n) is 2.52. The van der Waals surface area contributed by atoms with Crippen LogP contribution in [0.4, 0.5) is 0 Å². The van der Waals surface area contributed by atoms with Gasteiger partial charge in [-0.25, -0.2) is 0 Å². The van der Waals surface area contributed by atoms with Gasteiger partial charge in [0.15, 0.2) is 0 Å². The summed E-state index contributed by atoms with van der Waals surface area (Å²) in [5.74, 6) is 0. The normalized spacial score (nSPS) is 17.0. The van der Waals surface area contributed by atoms with Gasteiger partial charge in [0.1, 0.15) is 0 Å². The molecule has 1 aromatic carbocycles. The lowest BCUT2D eigenvalue weighted by Gasteiger charge is -2.42. The summed E-state index contributed by atoms with van der Waals surface area (Å²) in [5.41, 5.74) is 0.911. The molecule has 20 heavy (non-hydrogen) atoms. The molecule has 0 spiro atoms. The van der Waals surface area contributed by atoms with E-state index in [4.69, 9.17) is 0 Å². The zero-order valence-corrected chi connectivity index (χ0v) is 13.8. The van der Waals surface area contributed by atoms with Crippen molar-refractivity contribution >= 4 is 0 Å². The Kier molecular flexibility index (Phi) is 5.75. The number of nitrogens with one attached hydrogen (secondary N) is 1. The zero-order chi connectivity index (χ0) is 15.4. The molecule has 0 amide bonds. The van der Waals surface area contributed by atoms with E-state index >= 15 is 0 Å². The number of hydrogen-bond acceptors (Lipinski definition) is 3. The monoisotopic (exact) mass is 278 g/mol. The lowest BCUT2D eigenvalue weighted by molar-refractivity contribution is 0.0721. The van der Waals surface area contributed by atoms with E-state index in [1.54, 1.807) is 0 Å². The van der Waals surface area contributed by atoms with Crippen LogP contribution in [0, 0.1) is 5.41 Å². The van der Waals surface area contributed by atoms with E-state index in [0.29, 0.717) is 6.04 Å². The Morgan fingerprint density at radius 3 is 2.15 bits per heavy atom. The summed E-state index contributed by atoms with van der Waals surface area (Å²) in [4.78, 5) is 2.32. The molecule has 2 atom stereocenters. The second kappa shape index (κ2) is 6.70. The fraction of sp³-hybridized carbons (Fsp3) is 0.647. The van der Waals surface area contributed by atoms with Gasteiger partial charge in [-0.05, 0) is 32.0 Å². The molecule has 2 N–H and O–H groups in total. The molecule has 0 aromatic heterocycles. The van der Waals surface area contributed by atoms with Gasteiger partial charge in [-0.2, -0.15) is 0 Å². The molecular weight excluding hydrogens is 248 g/mol. The van der Waals surface area contributed by atoms with Crippen molar-refractivity contribution in [3.8, 4) is 0 Å². The molecule has 0 bridgehead atoms. The maximum Gasteiger partial charge on any atom is 0.0795 e. The number of aliphatic hydroxyl groups excluding tert-OH is 1. The highest BCUT2D eigenvalue weighted by Crippen LogP contribution is 2.27. The van der Waals surface area contributed by atoms with Gasteiger partial charge in [0, 0.05) is 12.6 Å². The average Bonchev–Trinajstić information content (AvgIpc) is 2.43. The first kappa shape index (κ1) is 17.2. The maximum atomic E-state index is 9.97. The molecule has 2 unspecified atom stereocenters. The van der Waals surface area contributed by atoms with Crippen LogP contribution in [0.2, 0.25) is 0 Å². The Bertz CT molecular complexity index is 393. The summed E-state index contributed by atoms with van der Waals surface area (Å²) in [5, 5.41) is 13.3. The number of hydrogen-bond donors (Lipinski definition) is 2. The summed E-state index contributed by atoms with van der Waals surface area (Å²) in [6, 6.07) is 10.6. The molecule has 0 aliphatic rings. The van der Waals surface area contributed by atoms with Gasteiger partial charge >= 0.3 is 0 Å². The lowest BCUT2D eigenvalue weighted by Crippen LogP contribution is -2.54. The van der Waals surface area contributed by atoms with Crippen LogP contribution in [0.1, 0.15) is 33.3 Å². The average molecular weight is 278 g/mol. The minimum atomic E-state index is -0.421. The van der Waals surface area contributed by atoms with Gasteiger partial charge in [0.25, 0.3) is 0 Å². The highest BCUT2D eigenvalue weighted by atomic mass is 16.3. The van der Waals surface area contributed by atoms with E-state index in [9.17, 15) is 5.11 Å². The first-order valence-corrected chi connectivity index (χ1v) is 7.32. The molecule has 1 aromatic rings. The van der Waals surface area contributed by atoms with E-state index in [-0.39, 0.29) is 12.0 Å². The molecule has 3 heteroatoms. The Morgan fingerprint density at radius 2 is 1.75 bits per heavy atom. The van der Waals surface area contributed by atoms with Crippen LogP contribution in [0.5, 0.6) is 0 Å². The summed E-state index contributed by atoms with van der Waals surface area (Å²) >= 11 is 0. The van der Waals surface area contributed by atoms with Crippen molar-refractivity contribution in [1.29, 1.82) is 0 Å². The summed E-state index contributed by atoms with van der Waals surface area (Å²) < 4.78 is 0. The third-order valence-electron chi connectivity index (χ3n) is 4.51. The molecule has 0 fully saturated rings. The van der Waals surface area contributed by atoms with Gasteiger partial charge in [-0.3, -0.25) is 0 Å². The van der Waals surface area contributed by atoms with E-state index in [0.717, 1.165) is 12.1 Å². The predicted molar refractivity (Wildman–Crippen MR) is 85.8 cm³/mol. The van der Waals surface area contributed by atoms with Gasteiger partial charge in [0.2, 0.25) is 0 Å². The molecule has 0 saturated carbocycles. The Labute approximate surface area is 124 Å². The largest absolute Gasteiger partial charge is 0.394 e. The SMILES string of the molecule is CNC(CO)(CN(C)C(C)C(C)(C)C)c1ccccc1. The molecule has 0 aliphatic carbocycles. The standard InChI is InChI=1S/C17H30N2O/c1-14(16(2,3)4)19(6)12-17(13-20,18-5)15-10-8-7-9-11-15/h7-11,14,18,20H,12-13H2,1-6H3. The van der Waals surface area contributed by atoms with Crippen LogP contribution in [-0.4, -0.2) is 43.3 Å². The van der Waals surface area contributed by atoms with Crippen molar-refractivity contribution < 1.29 is 5.11 Å². The molecule has 0 heterocycles.